The van der Waals surface area contributed by atoms with Crippen molar-refractivity contribution in [2.45, 2.75) is 39.0 Å². The van der Waals surface area contributed by atoms with E-state index < -0.39 is 0 Å². The molecule has 1 aliphatic rings. The van der Waals surface area contributed by atoms with Crippen LogP contribution in [0.15, 0.2) is 28.8 Å². The molecule has 1 fully saturated rings. The molecule has 2 aromatic rings. The summed E-state index contributed by atoms with van der Waals surface area (Å²) in [5, 5.41) is 4.09. The van der Waals surface area contributed by atoms with Crippen LogP contribution in [0.25, 0.3) is 11.4 Å². The smallest absolute Gasteiger partial charge is 0.241 e. The third-order valence-corrected chi connectivity index (χ3v) is 4.21. The van der Waals surface area contributed by atoms with Crippen LogP contribution in [0.3, 0.4) is 0 Å². The predicted octanol–water partition coefficient (Wildman–Crippen LogP) is 2.74. The van der Waals surface area contributed by atoms with Gasteiger partial charge in [0.1, 0.15) is 5.75 Å². The van der Waals surface area contributed by atoms with Crippen molar-refractivity contribution in [1.82, 2.24) is 15.0 Å². The minimum Gasteiger partial charge on any atom is -0.497 e. The molecule has 6 nitrogen and oxygen atoms in total. The molecule has 0 amide bonds. The van der Waals surface area contributed by atoms with Crippen LogP contribution in [0.1, 0.15) is 26.2 Å². The topological polar surface area (TPSA) is 60.6 Å². The third-order valence-electron chi connectivity index (χ3n) is 4.21. The summed E-state index contributed by atoms with van der Waals surface area (Å²) in [7, 11) is 1.65. The molecular formula is C17H23N3O3. The van der Waals surface area contributed by atoms with Gasteiger partial charge in [-0.05, 0) is 37.6 Å². The van der Waals surface area contributed by atoms with Crippen molar-refractivity contribution in [3.63, 3.8) is 0 Å². The number of nitrogens with zero attached hydrogens (tertiary/aromatic N) is 3. The number of methoxy groups -OCH3 is 1. The Labute approximate surface area is 136 Å². The number of hydrogen-bond acceptors (Lipinski definition) is 6. The van der Waals surface area contributed by atoms with Gasteiger partial charge >= 0.3 is 0 Å². The average Bonchev–Trinajstić information content (AvgIpc) is 3.04. The Balaban J connectivity index is 1.70. The van der Waals surface area contributed by atoms with Crippen LogP contribution in [0.4, 0.5) is 0 Å². The molecule has 1 saturated heterocycles. The van der Waals surface area contributed by atoms with E-state index in [1.165, 1.54) is 0 Å². The Morgan fingerprint density at radius 3 is 2.78 bits per heavy atom. The molecule has 23 heavy (non-hydrogen) atoms. The Morgan fingerprint density at radius 2 is 2.09 bits per heavy atom. The third kappa shape index (κ3) is 3.71. The molecule has 1 aromatic heterocycles. The lowest BCUT2D eigenvalue weighted by Crippen LogP contribution is -2.47. The molecule has 1 aliphatic heterocycles. The number of ether oxygens (including phenoxy) is 2. The maximum absolute atomic E-state index is 5.73. The van der Waals surface area contributed by atoms with Crippen LogP contribution in [-0.2, 0) is 11.3 Å². The number of rotatable bonds is 5. The van der Waals surface area contributed by atoms with E-state index in [1.807, 2.05) is 24.3 Å². The maximum Gasteiger partial charge on any atom is 0.241 e. The first kappa shape index (κ1) is 16.0. The lowest BCUT2D eigenvalue weighted by Gasteiger charge is -2.37. The normalized spacial score (nSPS) is 22.2. The van der Waals surface area contributed by atoms with Gasteiger partial charge < -0.3 is 14.0 Å². The first-order chi connectivity index (χ1) is 11.2. The summed E-state index contributed by atoms with van der Waals surface area (Å²) in [6.07, 6.45) is 1.29. The number of aromatic nitrogens is 2. The lowest BCUT2D eigenvalue weighted by molar-refractivity contribution is -0.0620. The summed E-state index contributed by atoms with van der Waals surface area (Å²) < 4.78 is 16.3. The van der Waals surface area contributed by atoms with Gasteiger partial charge in [0, 0.05) is 18.2 Å². The van der Waals surface area contributed by atoms with Crippen molar-refractivity contribution in [3.8, 4) is 17.1 Å². The monoisotopic (exact) mass is 317 g/mol. The molecule has 2 heterocycles. The Hall–Kier alpha value is -1.92. The highest BCUT2D eigenvalue weighted by molar-refractivity contribution is 5.55. The molecule has 0 unspecified atom stereocenters. The predicted molar refractivity (Wildman–Crippen MR) is 86.2 cm³/mol. The van der Waals surface area contributed by atoms with Crippen molar-refractivity contribution in [3.05, 3.63) is 30.2 Å². The Bertz CT molecular complexity index is 626. The van der Waals surface area contributed by atoms with Crippen LogP contribution >= 0.6 is 0 Å². The molecule has 6 heteroatoms. The molecule has 1 aromatic carbocycles. The minimum atomic E-state index is 0.238. The highest BCUT2D eigenvalue weighted by Crippen LogP contribution is 2.21. The SMILES string of the molecule is CC[C@H]1CO[C@@H](C)CN1Cc1nc(-c2ccc(OC)cc2)no1. The van der Waals surface area contributed by atoms with E-state index in [4.69, 9.17) is 14.0 Å². The lowest BCUT2D eigenvalue weighted by atomic mass is 10.1. The quantitative estimate of drug-likeness (QED) is 0.845. The average molecular weight is 317 g/mol. The van der Waals surface area contributed by atoms with Gasteiger partial charge in [0.2, 0.25) is 11.7 Å². The number of hydrogen-bond donors (Lipinski definition) is 0. The van der Waals surface area contributed by atoms with Gasteiger partial charge in [0.25, 0.3) is 0 Å². The fraction of sp³-hybridized carbons (Fsp3) is 0.529. The zero-order valence-corrected chi connectivity index (χ0v) is 13.9. The van der Waals surface area contributed by atoms with Crippen molar-refractivity contribution in [2.24, 2.45) is 0 Å². The van der Waals surface area contributed by atoms with Gasteiger partial charge in [-0.2, -0.15) is 4.98 Å². The van der Waals surface area contributed by atoms with E-state index in [-0.39, 0.29) is 6.10 Å². The zero-order valence-electron chi connectivity index (χ0n) is 13.9. The Kier molecular flexibility index (Phi) is 4.93. The standard InChI is InChI=1S/C17H23N3O3/c1-4-14-11-22-12(2)9-20(14)10-16-18-17(19-23-16)13-5-7-15(21-3)8-6-13/h5-8,12,14H,4,9-11H2,1-3H3/t12-,14-/m0/s1. The second kappa shape index (κ2) is 7.10. The zero-order chi connectivity index (χ0) is 16.2. The first-order valence-electron chi connectivity index (χ1n) is 8.02. The van der Waals surface area contributed by atoms with Crippen LogP contribution in [-0.4, -0.2) is 47.4 Å². The summed E-state index contributed by atoms with van der Waals surface area (Å²) in [5.41, 5.74) is 0.920. The van der Waals surface area contributed by atoms with Crippen molar-refractivity contribution < 1.29 is 14.0 Å². The Morgan fingerprint density at radius 1 is 1.30 bits per heavy atom. The molecule has 2 atom stereocenters. The minimum absolute atomic E-state index is 0.238. The molecule has 0 bridgehead atoms. The summed E-state index contributed by atoms with van der Waals surface area (Å²) >= 11 is 0. The first-order valence-corrected chi connectivity index (χ1v) is 8.02. The molecule has 0 saturated carbocycles. The fourth-order valence-electron chi connectivity index (χ4n) is 2.83. The number of benzene rings is 1. The van der Waals surface area contributed by atoms with E-state index in [0.717, 1.165) is 30.9 Å². The van der Waals surface area contributed by atoms with E-state index in [0.29, 0.717) is 24.3 Å². The van der Waals surface area contributed by atoms with Gasteiger partial charge in [0.15, 0.2) is 0 Å². The maximum atomic E-state index is 5.73. The second-order valence-corrected chi connectivity index (χ2v) is 5.88. The highest BCUT2D eigenvalue weighted by atomic mass is 16.5. The van der Waals surface area contributed by atoms with Crippen molar-refractivity contribution in [2.75, 3.05) is 20.3 Å². The molecule has 0 radical (unpaired) electrons. The largest absolute Gasteiger partial charge is 0.497 e. The molecular weight excluding hydrogens is 294 g/mol. The second-order valence-electron chi connectivity index (χ2n) is 5.88. The summed E-state index contributed by atoms with van der Waals surface area (Å²) in [6, 6.07) is 8.05. The van der Waals surface area contributed by atoms with Gasteiger partial charge in [-0.25, -0.2) is 0 Å². The van der Waals surface area contributed by atoms with Crippen LogP contribution in [0.2, 0.25) is 0 Å². The molecule has 3 rings (SSSR count). The van der Waals surface area contributed by atoms with E-state index in [1.54, 1.807) is 7.11 Å². The summed E-state index contributed by atoms with van der Waals surface area (Å²) in [4.78, 5) is 6.88. The number of morpholine rings is 1. The van der Waals surface area contributed by atoms with Crippen LogP contribution < -0.4 is 4.74 Å². The van der Waals surface area contributed by atoms with E-state index >= 15 is 0 Å². The molecule has 0 N–H and O–H groups in total. The van der Waals surface area contributed by atoms with Gasteiger partial charge in [0.05, 0.1) is 26.4 Å². The van der Waals surface area contributed by atoms with Gasteiger partial charge in [-0.15, -0.1) is 0 Å². The summed E-state index contributed by atoms with van der Waals surface area (Å²) in [6.45, 7) is 6.58. The molecule has 0 aliphatic carbocycles. The van der Waals surface area contributed by atoms with Crippen LogP contribution in [0.5, 0.6) is 5.75 Å². The molecule has 124 valence electrons. The molecule has 0 spiro atoms. The van der Waals surface area contributed by atoms with Gasteiger partial charge in [-0.1, -0.05) is 12.1 Å². The highest BCUT2D eigenvalue weighted by Gasteiger charge is 2.27. The van der Waals surface area contributed by atoms with Crippen molar-refractivity contribution >= 4 is 0 Å². The van der Waals surface area contributed by atoms with Crippen LogP contribution in [0, 0.1) is 0 Å². The van der Waals surface area contributed by atoms with Crippen molar-refractivity contribution in [1.29, 1.82) is 0 Å². The van der Waals surface area contributed by atoms with Gasteiger partial charge in [-0.3, -0.25) is 4.90 Å². The summed E-state index contributed by atoms with van der Waals surface area (Å²) in [5.74, 6) is 2.06. The van der Waals surface area contributed by atoms with E-state index in [9.17, 15) is 0 Å². The fourth-order valence-corrected chi connectivity index (χ4v) is 2.83. The van der Waals surface area contributed by atoms with E-state index in [2.05, 4.69) is 28.9 Å².